The molecule has 0 aliphatic carbocycles. The van der Waals surface area contributed by atoms with E-state index in [4.69, 9.17) is 0 Å². The van der Waals surface area contributed by atoms with Gasteiger partial charge in [0, 0.05) is 32.4 Å². The summed E-state index contributed by atoms with van der Waals surface area (Å²) in [5.41, 5.74) is 1.96. The first-order valence-electron chi connectivity index (χ1n) is 8.15. The van der Waals surface area contributed by atoms with Gasteiger partial charge in [0.25, 0.3) is 0 Å². The van der Waals surface area contributed by atoms with Gasteiger partial charge >= 0.3 is 0 Å². The predicted molar refractivity (Wildman–Crippen MR) is 94.4 cm³/mol. The molecule has 1 amide bonds. The van der Waals surface area contributed by atoms with Gasteiger partial charge in [-0.25, -0.2) is 0 Å². The molecule has 1 saturated heterocycles. The van der Waals surface area contributed by atoms with E-state index < -0.39 is 0 Å². The minimum Gasteiger partial charge on any atom is -0.341 e. The van der Waals surface area contributed by atoms with E-state index in [0.29, 0.717) is 6.42 Å². The molecular weight excluding hydrogens is 322 g/mol. The Labute approximate surface area is 144 Å². The first kappa shape index (κ1) is 15.1. The fourth-order valence-electron chi connectivity index (χ4n) is 3.09. The van der Waals surface area contributed by atoms with Crippen molar-refractivity contribution in [1.82, 2.24) is 19.5 Å². The number of nitrogens with zero attached hydrogens (tertiary/aromatic N) is 5. The first-order chi connectivity index (χ1) is 11.8. The molecular formula is C17H19N5OS. The number of carbonyl (C=O) groups is 1. The number of rotatable bonds is 3. The van der Waals surface area contributed by atoms with E-state index in [1.54, 1.807) is 11.3 Å². The molecule has 1 aliphatic heterocycles. The second-order valence-electron chi connectivity index (χ2n) is 5.96. The van der Waals surface area contributed by atoms with Crippen molar-refractivity contribution in [2.75, 3.05) is 31.1 Å². The van der Waals surface area contributed by atoms with Crippen LogP contribution in [0.4, 0.5) is 5.95 Å². The number of carbonyl (C=O) groups excluding carboxylic acids is 1. The third kappa shape index (κ3) is 2.99. The Morgan fingerprint density at radius 1 is 1.12 bits per heavy atom. The minimum atomic E-state index is 0.210. The molecule has 0 unspecified atom stereocenters. The van der Waals surface area contributed by atoms with Gasteiger partial charge in [-0.2, -0.15) is 11.3 Å². The van der Waals surface area contributed by atoms with Crippen molar-refractivity contribution in [3.63, 3.8) is 0 Å². The summed E-state index contributed by atoms with van der Waals surface area (Å²) in [4.78, 5) is 16.7. The Morgan fingerprint density at radius 3 is 2.96 bits per heavy atom. The highest BCUT2D eigenvalue weighted by Gasteiger charge is 2.22. The summed E-state index contributed by atoms with van der Waals surface area (Å²) >= 11 is 1.64. The summed E-state index contributed by atoms with van der Waals surface area (Å²) in [7, 11) is 0. The lowest BCUT2D eigenvalue weighted by molar-refractivity contribution is -0.130. The van der Waals surface area contributed by atoms with E-state index in [-0.39, 0.29) is 5.91 Å². The van der Waals surface area contributed by atoms with Crippen LogP contribution in [0.25, 0.3) is 5.65 Å². The van der Waals surface area contributed by atoms with Crippen molar-refractivity contribution >= 4 is 28.8 Å². The van der Waals surface area contributed by atoms with Crippen LogP contribution in [0.2, 0.25) is 0 Å². The zero-order chi connectivity index (χ0) is 16.4. The molecule has 0 atom stereocenters. The zero-order valence-electron chi connectivity index (χ0n) is 13.3. The molecule has 0 bridgehead atoms. The molecule has 0 N–H and O–H groups in total. The van der Waals surface area contributed by atoms with E-state index in [1.165, 1.54) is 0 Å². The normalized spacial score (nSPS) is 15.7. The molecule has 1 aliphatic rings. The van der Waals surface area contributed by atoms with E-state index in [2.05, 4.69) is 15.1 Å². The molecule has 0 saturated carbocycles. The summed E-state index contributed by atoms with van der Waals surface area (Å²) in [5, 5.41) is 12.6. The van der Waals surface area contributed by atoms with Crippen LogP contribution in [-0.2, 0) is 11.2 Å². The Hall–Kier alpha value is -2.41. The van der Waals surface area contributed by atoms with Gasteiger partial charge in [0.1, 0.15) is 0 Å². The Bertz CT molecular complexity index is 829. The number of hydrogen-bond acceptors (Lipinski definition) is 5. The van der Waals surface area contributed by atoms with Crippen molar-refractivity contribution < 1.29 is 4.79 Å². The smallest absolute Gasteiger partial charge is 0.231 e. The van der Waals surface area contributed by atoms with Crippen molar-refractivity contribution in [3.05, 3.63) is 46.8 Å². The number of aromatic nitrogens is 3. The van der Waals surface area contributed by atoms with Gasteiger partial charge in [-0.3, -0.25) is 9.20 Å². The summed E-state index contributed by atoms with van der Waals surface area (Å²) in [6.07, 6.45) is 3.42. The van der Waals surface area contributed by atoms with Crippen molar-refractivity contribution in [3.8, 4) is 0 Å². The van der Waals surface area contributed by atoms with Crippen LogP contribution >= 0.6 is 11.3 Å². The van der Waals surface area contributed by atoms with Gasteiger partial charge in [0.15, 0.2) is 5.65 Å². The fourth-order valence-corrected chi connectivity index (χ4v) is 3.76. The van der Waals surface area contributed by atoms with Crippen LogP contribution in [-0.4, -0.2) is 51.6 Å². The second kappa shape index (κ2) is 6.60. The predicted octanol–water partition coefficient (Wildman–Crippen LogP) is 2.07. The standard InChI is InChI=1S/C17H19N5OS/c23-16(12-14-5-11-24-13-14)20-6-3-7-21(10-9-20)17-19-18-15-4-1-2-8-22(15)17/h1-2,4-5,8,11,13H,3,6-7,9-10,12H2. The molecule has 0 radical (unpaired) electrons. The van der Waals surface area contributed by atoms with Gasteiger partial charge in [-0.15, -0.1) is 10.2 Å². The SMILES string of the molecule is O=C(Cc1ccsc1)N1CCCN(c2nnc3ccccn23)CC1. The molecule has 3 aromatic heterocycles. The number of fused-ring (bicyclic) bond motifs is 1. The molecule has 7 heteroatoms. The molecule has 1 fully saturated rings. The average molecular weight is 341 g/mol. The second-order valence-corrected chi connectivity index (χ2v) is 6.74. The van der Waals surface area contributed by atoms with Crippen molar-refractivity contribution in [2.45, 2.75) is 12.8 Å². The molecule has 0 aromatic carbocycles. The minimum absolute atomic E-state index is 0.210. The maximum Gasteiger partial charge on any atom is 0.231 e. The largest absolute Gasteiger partial charge is 0.341 e. The maximum atomic E-state index is 12.5. The highest BCUT2D eigenvalue weighted by molar-refractivity contribution is 7.08. The van der Waals surface area contributed by atoms with Crippen LogP contribution in [0.5, 0.6) is 0 Å². The van der Waals surface area contributed by atoms with Crippen LogP contribution in [0, 0.1) is 0 Å². The maximum absolute atomic E-state index is 12.5. The number of amides is 1. The molecule has 24 heavy (non-hydrogen) atoms. The third-order valence-corrected chi connectivity index (χ3v) is 5.09. The number of pyridine rings is 1. The van der Waals surface area contributed by atoms with Crippen molar-refractivity contribution in [2.24, 2.45) is 0 Å². The quantitative estimate of drug-likeness (QED) is 0.732. The van der Waals surface area contributed by atoms with E-state index in [0.717, 1.165) is 49.8 Å². The summed E-state index contributed by atoms with van der Waals surface area (Å²) < 4.78 is 2.00. The van der Waals surface area contributed by atoms with Crippen LogP contribution in [0.3, 0.4) is 0 Å². The third-order valence-electron chi connectivity index (χ3n) is 4.36. The Morgan fingerprint density at radius 2 is 2.08 bits per heavy atom. The monoisotopic (exact) mass is 341 g/mol. The number of thiophene rings is 1. The van der Waals surface area contributed by atoms with Gasteiger partial charge in [0.05, 0.1) is 6.42 Å². The average Bonchev–Trinajstić information content (AvgIpc) is 3.19. The zero-order valence-corrected chi connectivity index (χ0v) is 14.2. The highest BCUT2D eigenvalue weighted by Crippen LogP contribution is 2.16. The van der Waals surface area contributed by atoms with Gasteiger partial charge in [-0.1, -0.05) is 6.07 Å². The van der Waals surface area contributed by atoms with E-state index >= 15 is 0 Å². The Balaban J connectivity index is 1.45. The molecule has 3 aromatic rings. The van der Waals surface area contributed by atoms with Gasteiger partial charge in [0.2, 0.25) is 11.9 Å². The lowest BCUT2D eigenvalue weighted by Gasteiger charge is -2.22. The van der Waals surface area contributed by atoms with Crippen molar-refractivity contribution in [1.29, 1.82) is 0 Å². The van der Waals surface area contributed by atoms with E-state index in [1.807, 2.05) is 50.5 Å². The van der Waals surface area contributed by atoms with Crippen LogP contribution in [0.15, 0.2) is 41.2 Å². The van der Waals surface area contributed by atoms with E-state index in [9.17, 15) is 4.79 Å². The lowest BCUT2D eigenvalue weighted by atomic mass is 10.2. The molecule has 6 nitrogen and oxygen atoms in total. The Kier molecular flexibility index (Phi) is 4.17. The van der Waals surface area contributed by atoms with Gasteiger partial charge in [-0.05, 0) is 40.9 Å². The molecule has 4 heterocycles. The fraction of sp³-hybridized carbons (Fsp3) is 0.353. The number of anilines is 1. The number of hydrogen-bond donors (Lipinski definition) is 0. The molecule has 0 spiro atoms. The molecule has 4 rings (SSSR count). The summed E-state index contributed by atoms with van der Waals surface area (Å²) in [6, 6.07) is 7.91. The lowest BCUT2D eigenvalue weighted by Crippen LogP contribution is -2.36. The van der Waals surface area contributed by atoms with Crippen LogP contribution in [0.1, 0.15) is 12.0 Å². The van der Waals surface area contributed by atoms with Crippen LogP contribution < -0.4 is 4.90 Å². The topological polar surface area (TPSA) is 53.7 Å². The first-order valence-corrected chi connectivity index (χ1v) is 9.09. The van der Waals surface area contributed by atoms with Gasteiger partial charge < -0.3 is 9.80 Å². The highest BCUT2D eigenvalue weighted by atomic mass is 32.1. The summed E-state index contributed by atoms with van der Waals surface area (Å²) in [6.45, 7) is 3.20. The molecule has 124 valence electrons. The summed E-state index contributed by atoms with van der Waals surface area (Å²) in [5.74, 6) is 1.07.